The van der Waals surface area contributed by atoms with Gasteiger partial charge in [-0.05, 0) is 42.0 Å². The fourth-order valence-electron chi connectivity index (χ4n) is 2.47. The number of nitrogens with zero attached hydrogens (tertiary/aromatic N) is 2. The zero-order valence-corrected chi connectivity index (χ0v) is 14.6. The molecule has 0 spiro atoms. The smallest absolute Gasteiger partial charge is 0.251 e. The van der Waals surface area contributed by atoms with Crippen LogP contribution in [-0.2, 0) is 11.3 Å². The van der Waals surface area contributed by atoms with E-state index in [0.29, 0.717) is 17.1 Å². The lowest BCUT2D eigenvalue weighted by Gasteiger charge is -2.08. The van der Waals surface area contributed by atoms with Gasteiger partial charge in [0.25, 0.3) is 5.91 Å². The van der Waals surface area contributed by atoms with Gasteiger partial charge in [-0.25, -0.2) is 9.37 Å². The first-order valence-electron chi connectivity index (χ1n) is 8.24. The standard InChI is InChI=1S/C20H17FN4O2/c1-13(26)25-19-6-5-14(11-23-19)12-24-20(27)16-8-15(9-17(21)10-16)18-4-2-3-7-22-18/h2-11H,12H2,1H3,(H,24,27)(H,23,25,26). The van der Waals surface area contributed by atoms with Crippen LogP contribution < -0.4 is 10.6 Å². The number of halogens is 1. The van der Waals surface area contributed by atoms with E-state index in [1.807, 2.05) is 0 Å². The Morgan fingerprint density at radius 3 is 2.59 bits per heavy atom. The van der Waals surface area contributed by atoms with Crippen LogP contribution in [0.2, 0.25) is 0 Å². The highest BCUT2D eigenvalue weighted by Crippen LogP contribution is 2.20. The Morgan fingerprint density at radius 2 is 1.93 bits per heavy atom. The van der Waals surface area contributed by atoms with E-state index in [1.165, 1.54) is 19.1 Å². The molecule has 0 aliphatic rings. The van der Waals surface area contributed by atoms with E-state index in [4.69, 9.17) is 0 Å². The second-order valence-electron chi connectivity index (χ2n) is 5.86. The maximum atomic E-state index is 13.9. The molecule has 27 heavy (non-hydrogen) atoms. The molecule has 0 atom stereocenters. The van der Waals surface area contributed by atoms with Crippen molar-refractivity contribution in [2.45, 2.75) is 13.5 Å². The van der Waals surface area contributed by atoms with Crippen LogP contribution in [0.1, 0.15) is 22.8 Å². The third-order valence-corrected chi connectivity index (χ3v) is 3.70. The summed E-state index contributed by atoms with van der Waals surface area (Å²) < 4.78 is 13.9. The SMILES string of the molecule is CC(=O)Nc1ccc(CNC(=O)c2cc(F)cc(-c3ccccn3)c2)cn1. The van der Waals surface area contributed by atoms with Gasteiger partial charge in [-0.1, -0.05) is 12.1 Å². The molecule has 0 fully saturated rings. The molecule has 3 aromatic rings. The first-order chi connectivity index (χ1) is 13.0. The normalized spacial score (nSPS) is 10.3. The summed E-state index contributed by atoms with van der Waals surface area (Å²) in [5.74, 6) is -0.691. The number of benzene rings is 1. The van der Waals surface area contributed by atoms with Gasteiger partial charge in [-0.15, -0.1) is 0 Å². The number of anilines is 1. The van der Waals surface area contributed by atoms with Crippen molar-refractivity contribution in [3.8, 4) is 11.3 Å². The number of aromatic nitrogens is 2. The molecular formula is C20H17FN4O2. The maximum Gasteiger partial charge on any atom is 0.251 e. The van der Waals surface area contributed by atoms with E-state index >= 15 is 0 Å². The van der Waals surface area contributed by atoms with Crippen molar-refractivity contribution in [2.75, 3.05) is 5.32 Å². The molecule has 2 amide bonds. The number of hydrogen-bond donors (Lipinski definition) is 2. The average Bonchev–Trinajstić information content (AvgIpc) is 2.67. The van der Waals surface area contributed by atoms with E-state index in [9.17, 15) is 14.0 Å². The Kier molecular flexibility index (Phi) is 5.51. The Bertz CT molecular complexity index is 959. The summed E-state index contributed by atoms with van der Waals surface area (Å²) in [4.78, 5) is 31.6. The van der Waals surface area contributed by atoms with Crippen molar-refractivity contribution in [1.82, 2.24) is 15.3 Å². The predicted octanol–water partition coefficient (Wildman–Crippen LogP) is 3.17. The molecule has 3 rings (SSSR count). The lowest BCUT2D eigenvalue weighted by Crippen LogP contribution is -2.23. The fraction of sp³-hybridized carbons (Fsp3) is 0.100. The minimum absolute atomic E-state index is 0.207. The zero-order chi connectivity index (χ0) is 19.2. The Morgan fingerprint density at radius 1 is 1.07 bits per heavy atom. The maximum absolute atomic E-state index is 13.9. The van der Waals surface area contributed by atoms with Gasteiger partial charge in [-0.2, -0.15) is 0 Å². The van der Waals surface area contributed by atoms with Crippen LogP contribution in [0.25, 0.3) is 11.3 Å². The third-order valence-electron chi connectivity index (χ3n) is 3.70. The summed E-state index contributed by atoms with van der Waals surface area (Å²) in [7, 11) is 0. The monoisotopic (exact) mass is 364 g/mol. The van der Waals surface area contributed by atoms with Crippen molar-refractivity contribution < 1.29 is 14.0 Å². The number of nitrogens with one attached hydrogen (secondary N) is 2. The van der Waals surface area contributed by atoms with Gasteiger partial charge in [0, 0.05) is 37.0 Å². The van der Waals surface area contributed by atoms with E-state index < -0.39 is 11.7 Å². The van der Waals surface area contributed by atoms with Crippen LogP contribution in [0.4, 0.5) is 10.2 Å². The minimum atomic E-state index is -0.510. The average molecular weight is 364 g/mol. The molecule has 0 saturated heterocycles. The number of carbonyl (C=O) groups excluding carboxylic acids is 2. The summed E-state index contributed by atoms with van der Waals surface area (Å²) in [6.07, 6.45) is 3.16. The van der Waals surface area contributed by atoms with E-state index in [1.54, 1.807) is 48.8 Å². The summed E-state index contributed by atoms with van der Waals surface area (Å²) in [5, 5.41) is 5.29. The van der Waals surface area contributed by atoms with E-state index in [2.05, 4.69) is 20.6 Å². The molecule has 0 unspecified atom stereocenters. The minimum Gasteiger partial charge on any atom is -0.348 e. The van der Waals surface area contributed by atoms with E-state index in [-0.39, 0.29) is 18.0 Å². The Balaban J connectivity index is 1.69. The number of pyridine rings is 2. The second-order valence-corrected chi connectivity index (χ2v) is 5.86. The summed E-state index contributed by atoms with van der Waals surface area (Å²) >= 11 is 0. The summed E-state index contributed by atoms with van der Waals surface area (Å²) in [6, 6.07) is 12.8. The molecule has 136 valence electrons. The number of rotatable bonds is 5. The molecular weight excluding hydrogens is 347 g/mol. The fourth-order valence-corrected chi connectivity index (χ4v) is 2.47. The predicted molar refractivity (Wildman–Crippen MR) is 99.3 cm³/mol. The largest absolute Gasteiger partial charge is 0.348 e. The third kappa shape index (κ3) is 4.94. The van der Waals surface area contributed by atoms with Gasteiger partial charge < -0.3 is 10.6 Å². The molecule has 2 aromatic heterocycles. The van der Waals surface area contributed by atoms with Crippen LogP contribution in [0.3, 0.4) is 0 Å². The molecule has 2 heterocycles. The van der Waals surface area contributed by atoms with Crippen LogP contribution in [0.15, 0.2) is 60.9 Å². The van der Waals surface area contributed by atoms with Crippen molar-refractivity contribution in [2.24, 2.45) is 0 Å². The second kappa shape index (κ2) is 8.18. The highest BCUT2D eigenvalue weighted by Gasteiger charge is 2.11. The number of amides is 2. The van der Waals surface area contributed by atoms with Gasteiger partial charge in [-0.3, -0.25) is 14.6 Å². The first kappa shape index (κ1) is 18.2. The lowest BCUT2D eigenvalue weighted by molar-refractivity contribution is -0.114. The van der Waals surface area contributed by atoms with Crippen molar-refractivity contribution >= 4 is 17.6 Å². The summed E-state index contributed by atoms with van der Waals surface area (Å²) in [6.45, 7) is 1.62. The topological polar surface area (TPSA) is 84.0 Å². The molecule has 2 N–H and O–H groups in total. The van der Waals surface area contributed by atoms with Gasteiger partial charge in [0.1, 0.15) is 11.6 Å². The van der Waals surface area contributed by atoms with Crippen LogP contribution in [0.5, 0.6) is 0 Å². The lowest BCUT2D eigenvalue weighted by atomic mass is 10.1. The molecule has 0 bridgehead atoms. The highest BCUT2D eigenvalue weighted by atomic mass is 19.1. The van der Waals surface area contributed by atoms with Gasteiger partial charge in [0.05, 0.1) is 5.69 Å². The van der Waals surface area contributed by atoms with Crippen molar-refractivity contribution in [1.29, 1.82) is 0 Å². The van der Waals surface area contributed by atoms with Crippen molar-refractivity contribution in [3.63, 3.8) is 0 Å². The first-order valence-corrected chi connectivity index (χ1v) is 8.24. The molecule has 6 nitrogen and oxygen atoms in total. The molecule has 7 heteroatoms. The quantitative estimate of drug-likeness (QED) is 0.728. The number of carbonyl (C=O) groups is 2. The van der Waals surface area contributed by atoms with Crippen molar-refractivity contribution in [3.05, 3.63) is 77.9 Å². The Labute approximate surface area is 155 Å². The molecule has 0 radical (unpaired) electrons. The molecule has 1 aromatic carbocycles. The van der Waals surface area contributed by atoms with Gasteiger partial charge in [0.2, 0.25) is 5.91 Å². The zero-order valence-electron chi connectivity index (χ0n) is 14.6. The summed E-state index contributed by atoms with van der Waals surface area (Å²) in [5.41, 5.74) is 2.07. The van der Waals surface area contributed by atoms with Crippen LogP contribution in [0, 0.1) is 5.82 Å². The highest BCUT2D eigenvalue weighted by molar-refractivity contribution is 5.95. The Hall–Kier alpha value is -3.61. The number of hydrogen-bond acceptors (Lipinski definition) is 4. The van der Waals surface area contributed by atoms with Gasteiger partial charge in [0.15, 0.2) is 0 Å². The molecule has 0 saturated carbocycles. The van der Waals surface area contributed by atoms with E-state index in [0.717, 1.165) is 5.56 Å². The molecule has 0 aliphatic carbocycles. The van der Waals surface area contributed by atoms with Gasteiger partial charge >= 0.3 is 0 Å². The molecule has 0 aliphatic heterocycles. The van der Waals surface area contributed by atoms with Crippen LogP contribution in [-0.4, -0.2) is 21.8 Å². The van der Waals surface area contributed by atoms with Crippen LogP contribution >= 0.6 is 0 Å².